The van der Waals surface area contributed by atoms with Gasteiger partial charge in [-0.15, -0.1) is 11.8 Å². The first kappa shape index (κ1) is 13.1. The SMILES string of the molecule is CC(C)Sc1cnn(C(C)(C)C)c1C(=O)O. The van der Waals surface area contributed by atoms with Gasteiger partial charge in [-0.1, -0.05) is 13.8 Å². The largest absolute Gasteiger partial charge is 0.476 e. The molecule has 0 saturated heterocycles. The summed E-state index contributed by atoms with van der Waals surface area (Å²) in [6.07, 6.45) is 1.64. The van der Waals surface area contributed by atoms with Crippen LogP contribution in [0.3, 0.4) is 0 Å². The second-order valence-electron chi connectivity index (χ2n) is 4.91. The van der Waals surface area contributed by atoms with Crippen molar-refractivity contribution in [2.45, 2.75) is 50.3 Å². The van der Waals surface area contributed by atoms with E-state index >= 15 is 0 Å². The summed E-state index contributed by atoms with van der Waals surface area (Å²) < 4.78 is 1.57. The minimum absolute atomic E-state index is 0.284. The molecular formula is C11H18N2O2S. The maximum absolute atomic E-state index is 11.3. The highest BCUT2D eigenvalue weighted by atomic mass is 32.2. The zero-order valence-corrected chi connectivity index (χ0v) is 11.1. The first-order valence-electron chi connectivity index (χ1n) is 5.22. The van der Waals surface area contributed by atoms with Crippen molar-refractivity contribution in [3.8, 4) is 0 Å². The molecule has 0 unspecified atom stereocenters. The third kappa shape index (κ3) is 2.78. The van der Waals surface area contributed by atoms with Crippen molar-refractivity contribution >= 4 is 17.7 Å². The summed E-state index contributed by atoms with van der Waals surface area (Å²) in [5.41, 5.74) is -0.0324. The Morgan fingerprint density at radius 2 is 2.06 bits per heavy atom. The van der Waals surface area contributed by atoms with Crippen LogP contribution < -0.4 is 0 Å². The molecule has 0 aliphatic rings. The van der Waals surface area contributed by atoms with E-state index in [1.54, 1.807) is 10.9 Å². The number of aromatic nitrogens is 2. The molecule has 0 bridgehead atoms. The predicted octanol–water partition coefficient (Wildman–Crippen LogP) is 2.84. The van der Waals surface area contributed by atoms with Crippen molar-refractivity contribution in [2.24, 2.45) is 0 Å². The third-order valence-electron chi connectivity index (χ3n) is 1.94. The molecule has 0 aromatic carbocycles. The smallest absolute Gasteiger partial charge is 0.355 e. The predicted molar refractivity (Wildman–Crippen MR) is 65.2 cm³/mol. The number of carboxylic acid groups (broad SMARTS) is 1. The molecule has 1 N–H and O–H groups in total. The van der Waals surface area contributed by atoms with E-state index in [1.165, 1.54) is 11.8 Å². The van der Waals surface area contributed by atoms with Gasteiger partial charge in [0.1, 0.15) is 0 Å². The summed E-state index contributed by atoms with van der Waals surface area (Å²) in [6, 6.07) is 0. The number of nitrogens with zero attached hydrogens (tertiary/aromatic N) is 2. The second-order valence-corrected chi connectivity index (χ2v) is 6.53. The van der Waals surface area contributed by atoms with Crippen LogP contribution in [0.5, 0.6) is 0 Å². The van der Waals surface area contributed by atoms with Gasteiger partial charge in [-0.25, -0.2) is 4.79 Å². The van der Waals surface area contributed by atoms with Crippen molar-refractivity contribution in [1.82, 2.24) is 9.78 Å². The normalized spacial score (nSPS) is 12.1. The van der Waals surface area contributed by atoms with E-state index in [0.29, 0.717) is 5.25 Å². The van der Waals surface area contributed by atoms with Gasteiger partial charge >= 0.3 is 5.97 Å². The van der Waals surface area contributed by atoms with Gasteiger partial charge < -0.3 is 5.11 Å². The number of carbonyl (C=O) groups is 1. The summed E-state index contributed by atoms with van der Waals surface area (Å²) in [7, 11) is 0. The second kappa shape index (κ2) is 4.49. The summed E-state index contributed by atoms with van der Waals surface area (Å²) >= 11 is 1.53. The van der Waals surface area contributed by atoms with Gasteiger partial charge in [0.25, 0.3) is 0 Å². The lowest BCUT2D eigenvalue weighted by molar-refractivity contribution is 0.0670. The standard InChI is InChI=1S/C11H18N2O2S/c1-7(2)16-8-6-12-13(11(3,4)5)9(8)10(14)15/h6-7H,1-5H3,(H,14,15). The van der Waals surface area contributed by atoms with E-state index in [2.05, 4.69) is 5.10 Å². The topological polar surface area (TPSA) is 55.1 Å². The van der Waals surface area contributed by atoms with Crippen molar-refractivity contribution in [1.29, 1.82) is 0 Å². The molecule has 0 spiro atoms. The molecule has 0 atom stereocenters. The molecule has 0 aliphatic heterocycles. The van der Waals surface area contributed by atoms with Gasteiger partial charge in [-0.3, -0.25) is 4.68 Å². The molecule has 0 fully saturated rings. The van der Waals surface area contributed by atoms with Crippen molar-refractivity contribution in [2.75, 3.05) is 0 Å². The number of hydrogen-bond donors (Lipinski definition) is 1. The molecule has 1 rings (SSSR count). The molecule has 16 heavy (non-hydrogen) atoms. The number of thioether (sulfide) groups is 1. The van der Waals surface area contributed by atoms with Crippen LogP contribution in [0, 0.1) is 0 Å². The van der Waals surface area contributed by atoms with Gasteiger partial charge in [0.2, 0.25) is 0 Å². The zero-order chi connectivity index (χ0) is 12.5. The van der Waals surface area contributed by atoms with Gasteiger partial charge in [0.15, 0.2) is 5.69 Å². The summed E-state index contributed by atoms with van der Waals surface area (Å²) in [5.74, 6) is -0.921. The summed E-state index contributed by atoms with van der Waals surface area (Å²) in [5, 5.41) is 13.8. The van der Waals surface area contributed by atoms with Crippen molar-refractivity contribution in [3.63, 3.8) is 0 Å². The fraction of sp³-hybridized carbons (Fsp3) is 0.636. The van der Waals surface area contributed by atoms with E-state index in [4.69, 9.17) is 0 Å². The Labute approximate surface area is 100 Å². The molecule has 0 saturated carbocycles. The third-order valence-corrected chi connectivity index (χ3v) is 2.96. The van der Waals surface area contributed by atoms with Crippen LogP contribution in [-0.4, -0.2) is 26.1 Å². The Balaban J connectivity index is 3.23. The van der Waals surface area contributed by atoms with Crippen molar-refractivity contribution < 1.29 is 9.90 Å². The van der Waals surface area contributed by atoms with Crippen LogP contribution in [0.1, 0.15) is 45.1 Å². The highest BCUT2D eigenvalue weighted by Gasteiger charge is 2.25. The molecule has 4 nitrogen and oxygen atoms in total. The lowest BCUT2D eigenvalue weighted by Crippen LogP contribution is -2.27. The molecular weight excluding hydrogens is 224 g/mol. The van der Waals surface area contributed by atoms with Crippen LogP contribution in [0.2, 0.25) is 0 Å². The quantitative estimate of drug-likeness (QED) is 0.828. The Morgan fingerprint density at radius 1 is 1.50 bits per heavy atom. The Hall–Kier alpha value is -0.970. The molecule has 90 valence electrons. The first-order valence-corrected chi connectivity index (χ1v) is 6.10. The monoisotopic (exact) mass is 242 g/mol. The lowest BCUT2D eigenvalue weighted by Gasteiger charge is -2.21. The van der Waals surface area contributed by atoms with Crippen LogP contribution in [-0.2, 0) is 5.54 Å². The number of aromatic carboxylic acids is 1. The minimum atomic E-state index is -0.921. The number of rotatable bonds is 3. The van der Waals surface area contributed by atoms with Crippen LogP contribution >= 0.6 is 11.8 Å². The maximum Gasteiger partial charge on any atom is 0.355 e. The van der Waals surface area contributed by atoms with Crippen molar-refractivity contribution in [3.05, 3.63) is 11.9 Å². The average molecular weight is 242 g/mol. The Bertz CT molecular complexity index is 391. The zero-order valence-electron chi connectivity index (χ0n) is 10.3. The fourth-order valence-electron chi connectivity index (χ4n) is 1.38. The highest BCUT2D eigenvalue weighted by molar-refractivity contribution is 8.00. The van der Waals surface area contributed by atoms with Crippen LogP contribution in [0.4, 0.5) is 0 Å². The van der Waals surface area contributed by atoms with Gasteiger partial charge in [0.05, 0.1) is 16.6 Å². The van der Waals surface area contributed by atoms with E-state index in [0.717, 1.165) is 4.90 Å². The number of carboxylic acids is 1. The number of hydrogen-bond acceptors (Lipinski definition) is 3. The molecule has 0 radical (unpaired) electrons. The van der Waals surface area contributed by atoms with Crippen LogP contribution in [0.25, 0.3) is 0 Å². The van der Waals surface area contributed by atoms with E-state index in [9.17, 15) is 9.90 Å². The molecule has 5 heteroatoms. The van der Waals surface area contributed by atoms with Gasteiger partial charge in [0, 0.05) is 5.25 Å². The average Bonchev–Trinajstić information content (AvgIpc) is 2.45. The van der Waals surface area contributed by atoms with Gasteiger partial charge in [-0.05, 0) is 20.8 Å². The summed E-state index contributed by atoms with van der Waals surface area (Å²) in [6.45, 7) is 9.89. The molecule has 1 aromatic rings. The van der Waals surface area contributed by atoms with Gasteiger partial charge in [-0.2, -0.15) is 5.10 Å². The highest BCUT2D eigenvalue weighted by Crippen LogP contribution is 2.29. The molecule has 0 amide bonds. The fourth-order valence-corrected chi connectivity index (χ4v) is 2.28. The molecule has 1 heterocycles. The van der Waals surface area contributed by atoms with E-state index in [-0.39, 0.29) is 11.2 Å². The molecule has 0 aliphatic carbocycles. The summed E-state index contributed by atoms with van der Waals surface area (Å²) in [4.78, 5) is 12.0. The lowest BCUT2D eigenvalue weighted by atomic mass is 10.1. The Morgan fingerprint density at radius 3 is 2.44 bits per heavy atom. The van der Waals surface area contributed by atoms with E-state index < -0.39 is 5.97 Å². The molecule has 1 aromatic heterocycles. The minimum Gasteiger partial charge on any atom is -0.476 e. The van der Waals surface area contributed by atoms with E-state index in [1.807, 2.05) is 34.6 Å². The Kier molecular flexibility index (Phi) is 3.68. The first-order chi connectivity index (χ1) is 7.23. The van der Waals surface area contributed by atoms with Crippen LogP contribution in [0.15, 0.2) is 11.1 Å². The maximum atomic E-state index is 11.3.